The number of anilines is 6. The number of hydrogen-bond acceptors (Lipinski definition) is 4. The topological polar surface area (TPSA) is 32.5 Å². The highest BCUT2D eigenvalue weighted by molar-refractivity contribution is 7.00. The molecular weight excluding hydrogens is 717 g/mol. The van der Waals surface area contributed by atoms with Gasteiger partial charge in [0.25, 0.3) is 6.71 Å². The molecule has 2 aliphatic rings. The third-order valence-electron chi connectivity index (χ3n) is 12.6. The van der Waals surface area contributed by atoms with Gasteiger partial charge in [-0.3, -0.25) is 0 Å². The molecule has 2 aliphatic heterocycles. The molecule has 5 heteroatoms. The zero-order valence-corrected chi connectivity index (χ0v) is 37.3. The van der Waals surface area contributed by atoms with Gasteiger partial charge in [-0.1, -0.05) is 132 Å². The summed E-state index contributed by atoms with van der Waals surface area (Å²) < 4.78 is 6.71. The molecule has 7 aromatic rings. The molecule has 0 amide bonds. The summed E-state index contributed by atoms with van der Waals surface area (Å²) in [5.74, 6) is 0.641. The number of nitrogens with zero attached hydrogens (tertiary/aromatic N) is 3. The molecule has 9 rings (SSSR count). The summed E-state index contributed by atoms with van der Waals surface area (Å²) in [6.07, 6.45) is 0. The van der Waals surface area contributed by atoms with Crippen molar-refractivity contribution in [2.75, 3.05) is 9.80 Å². The van der Waals surface area contributed by atoms with E-state index in [1.54, 1.807) is 0 Å². The molecule has 0 unspecified atom stereocenters. The van der Waals surface area contributed by atoms with Crippen LogP contribution in [-0.4, -0.2) is 11.7 Å². The van der Waals surface area contributed by atoms with Crippen molar-refractivity contribution in [3.63, 3.8) is 0 Å². The molecule has 0 atom stereocenters. The second kappa shape index (κ2) is 13.2. The highest BCUT2D eigenvalue weighted by Crippen LogP contribution is 2.46. The smallest absolute Gasteiger partial charge is 0.252 e. The van der Waals surface area contributed by atoms with Gasteiger partial charge >= 0.3 is 0 Å². The average Bonchev–Trinajstić information content (AvgIpc) is 3.58. The van der Waals surface area contributed by atoms with E-state index in [9.17, 15) is 0 Å². The van der Waals surface area contributed by atoms with Crippen molar-refractivity contribution in [1.29, 1.82) is 0 Å². The first kappa shape index (κ1) is 38.9. The van der Waals surface area contributed by atoms with Crippen LogP contribution in [0.2, 0.25) is 0 Å². The van der Waals surface area contributed by atoms with Crippen LogP contribution >= 0.6 is 0 Å². The summed E-state index contributed by atoms with van der Waals surface area (Å²) in [5.41, 5.74) is 20.1. The minimum atomic E-state index is -0.0313. The lowest BCUT2D eigenvalue weighted by atomic mass is 9.33. The minimum absolute atomic E-state index is 0.0290. The summed E-state index contributed by atoms with van der Waals surface area (Å²) in [7, 11) is 0. The standard InChI is InChI=1S/C54H58BN3O/c1-33-28-46-49-47(29-33)58(40-25-20-37(21-26-40)53(8,9)10)45-32-48-43(56-50(59-48)34-14-16-35(17-15-34)51(2,3)4)31-42(45)55(49)41-30-38(54(11,12)13)22-27-44(41)57(46)39-23-18-36(19-24-39)52(5,6)7/h14-32H,1-13H3. The van der Waals surface area contributed by atoms with Gasteiger partial charge in [0.1, 0.15) is 5.52 Å². The molecule has 0 saturated heterocycles. The zero-order valence-electron chi connectivity index (χ0n) is 37.3. The van der Waals surface area contributed by atoms with E-state index in [-0.39, 0.29) is 28.4 Å². The summed E-state index contributed by atoms with van der Waals surface area (Å²) in [4.78, 5) is 10.2. The molecular formula is C54H58BN3O. The molecule has 0 spiro atoms. The quantitative estimate of drug-likeness (QED) is 0.167. The Balaban J connectivity index is 1.33. The highest BCUT2D eigenvalue weighted by Gasteiger charge is 2.44. The number of rotatable bonds is 3. The van der Waals surface area contributed by atoms with Gasteiger partial charge in [-0.25, -0.2) is 4.98 Å². The number of benzene rings is 6. The monoisotopic (exact) mass is 775 g/mol. The highest BCUT2D eigenvalue weighted by atomic mass is 16.3. The number of aromatic nitrogens is 1. The van der Waals surface area contributed by atoms with Gasteiger partial charge in [0.2, 0.25) is 5.89 Å². The van der Waals surface area contributed by atoms with Crippen molar-refractivity contribution < 1.29 is 4.42 Å². The van der Waals surface area contributed by atoms with Crippen molar-refractivity contribution in [1.82, 2.24) is 4.98 Å². The van der Waals surface area contributed by atoms with Crippen LogP contribution in [0.5, 0.6) is 0 Å². The lowest BCUT2D eigenvalue weighted by Gasteiger charge is -2.44. The van der Waals surface area contributed by atoms with Crippen LogP contribution < -0.4 is 26.2 Å². The van der Waals surface area contributed by atoms with Gasteiger partial charge in [0.05, 0.1) is 0 Å². The third-order valence-corrected chi connectivity index (χ3v) is 12.6. The molecule has 298 valence electrons. The Kier molecular flexibility index (Phi) is 8.73. The van der Waals surface area contributed by atoms with E-state index in [0.717, 1.165) is 33.7 Å². The zero-order chi connectivity index (χ0) is 42.0. The van der Waals surface area contributed by atoms with Crippen LogP contribution in [0.4, 0.5) is 34.1 Å². The van der Waals surface area contributed by atoms with Gasteiger partial charge in [0, 0.05) is 45.8 Å². The lowest BCUT2D eigenvalue weighted by molar-refractivity contribution is 0.589. The van der Waals surface area contributed by atoms with Gasteiger partial charge < -0.3 is 14.2 Å². The first-order valence-corrected chi connectivity index (χ1v) is 21.3. The molecule has 4 nitrogen and oxygen atoms in total. The van der Waals surface area contributed by atoms with E-state index in [2.05, 4.69) is 215 Å². The van der Waals surface area contributed by atoms with E-state index in [1.165, 1.54) is 61.3 Å². The van der Waals surface area contributed by atoms with Crippen molar-refractivity contribution in [2.45, 2.75) is 112 Å². The molecule has 59 heavy (non-hydrogen) atoms. The third kappa shape index (κ3) is 6.67. The maximum Gasteiger partial charge on any atom is 0.252 e. The van der Waals surface area contributed by atoms with Crippen LogP contribution in [0.1, 0.15) is 111 Å². The fraction of sp³-hybridized carbons (Fsp3) is 0.315. The Morgan fingerprint density at radius 2 is 0.898 bits per heavy atom. The summed E-state index contributed by atoms with van der Waals surface area (Å²) >= 11 is 0. The molecule has 0 N–H and O–H groups in total. The first-order valence-electron chi connectivity index (χ1n) is 21.3. The van der Waals surface area contributed by atoms with Crippen LogP contribution in [0.15, 0.2) is 120 Å². The second-order valence-electron chi connectivity index (χ2n) is 21.2. The summed E-state index contributed by atoms with van der Waals surface area (Å²) in [5, 5.41) is 0. The van der Waals surface area contributed by atoms with Gasteiger partial charge in [-0.15, -0.1) is 0 Å². The van der Waals surface area contributed by atoms with E-state index < -0.39 is 0 Å². The minimum Gasteiger partial charge on any atom is -0.436 e. The van der Waals surface area contributed by atoms with Crippen LogP contribution in [0.3, 0.4) is 0 Å². The predicted molar refractivity (Wildman–Crippen MR) is 253 cm³/mol. The fourth-order valence-electron chi connectivity index (χ4n) is 9.04. The number of oxazole rings is 1. The summed E-state index contributed by atoms with van der Waals surface area (Å²) in [6.45, 7) is 29.6. The SMILES string of the molecule is Cc1cc2c3c(c1)N(c1ccc(C(C)(C)C)cc1)c1cc4oc(-c5ccc(C(C)(C)C)cc5)nc4cc1B3c1cc(C(C)(C)C)ccc1N2c1ccc(C(C)(C)C)cc1. The van der Waals surface area contributed by atoms with Crippen molar-refractivity contribution >= 4 is 68.3 Å². The van der Waals surface area contributed by atoms with E-state index in [4.69, 9.17) is 9.40 Å². The molecule has 3 heterocycles. The molecule has 0 saturated carbocycles. The predicted octanol–water partition coefficient (Wildman–Crippen LogP) is 13.1. The maximum atomic E-state index is 6.71. The van der Waals surface area contributed by atoms with Gasteiger partial charge in [0.15, 0.2) is 5.58 Å². The second-order valence-corrected chi connectivity index (χ2v) is 21.2. The Hall–Kier alpha value is -5.55. The van der Waals surface area contributed by atoms with Crippen molar-refractivity contribution in [3.05, 3.63) is 143 Å². The Morgan fingerprint density at radius 1 is 0.458 bits per heavy atom. The largest absolute Gasteiger partial charge is 0.436 e. The molecule has 0 radical (unpaired) electrons. The lowest BCUT2D eigenvalue weighted by Crippen LogP contribution is -2.61. The number of hydrogen-bond donors (Lipinski definition) is 0. The van der Waals surface area contributed by atoms with E-state index in [1.807, 2.05) is 0 Å². The molecule has 6 aromatic carbocycles. The van der Waals surface area contributed by atoms with Gasteiger partial charge in [-0.05, 0) is 133 Å². The van der Waals surface area contributed by atoms with Crippen LogP contribution in [0.25, 0.3) is 22.6 Å². The summed E-state index contributed by atoms with van der Waals surface area (Å²) in [6, 6.07) is 43.6. The van der Waals surface area contributed by atoms with Gasteiger partial charge in [-0.2, -0.15) is 0 Å². The Bertz CT molecular complexity index is 2750. The maximum absolute atomic E-state index is 6.71. The molecule has 0 bridgehead atoms. The Morgan fingerprint density at radius 3 is 1.39 bits per heavy atom. The van der Waals surface area contributed by atoms with Crippen LogP contribution in [0, 0.1) is 6.92 Å². The van der Waals surface area contributed by atoms with Crippen molar-refractivity contribution in [3.8, 4) is 11.5 Å². The number of aryl methyl sites for hydroxylation is 1. The van der Waals surface area contributed by atoms with Crippen molar-refractivity contribution in [2.24, 2.45) is 0 Å². The average molecular weight is 776 g/mol. The normalized spacial score (nSPS) is 14.1. The Labute approximate surface area is 352 Å². The number of fused-ring (bicyclic) bond motifs is 5. The van der Waals surface area contributed by atoms with E-state index in [0.29, 0.717) is 5.89 Å². The van der Waals surface area contributed by atoms with Crippen LogP contribution in [-0.2, 0) is 21.7 Å². The fourth-order valence-corrected chi connectivity index (χ4v) is 9.04. The first-order chi connectivity index (χ1) is 27.7. The van der Waals surface area contributed by atoms with E-state index >= 15 is 0 Å². The molecule has 0 fully saturated rings. The molecule has 1 aromatic heterocycles. The molecule has 0 aliphatic carbocycles.